The Hall–Kier alpha value is -2.60. The van der Waals surface area contributed by atoms with Crippen LogP contribution in [0.3, 0.4) is 0 Å². The first-order valence-electron chi connectivity index (χ1n) is 8.46. The SMILES string of the molecule is OC(c1cccnc1)c1c(-c2ccccc2Cl)csc1-c1ccc(F)cc1F. The first-order chi connectivity index (χ1) is 13.6. The number of halogens is 3. The van der Waals surface area contributed by atoms with Crippen molar-refractivity contribution in [2.24, 2.45) is 0 Å². The number of thiophene rings is 1. The minimum atomic E-state index is -1.05. The van der Waals surface area contributed by atoms with Crippen LogP contribution >= 0.6 is 22.9 Å². The Balaban J connectivity index is 1.96. The fourth-order valence-electron chi connectivity index (χ4n) is 3.11. The third kappa shape index (κ3) is 3.44. The van der Waals surface area contributed by atoms with E-state index in [2.05, 4.69) is 4.98 Å². The average molecular weight is 414 g/mol. The summed E-state index contributed by atoms with van der Waals surface area (Å²) >= 11 is 7.65. The largest absolute Gasteiger partial charge is 0.384 e. The molecule has 6 heteroatoms. The lowest BCUT2D eigenvalue weighted by Crippen LogP contribution is -2.03. The number of hydrogen-bond acceptors (Lipinski definition) is 3. The number of pyridine rings is 1. The van der Waals surface area contributed by atoms with Crippen molar-refractivity contribution < 1.29 is 13.9 Å². The van der Waals surface area contributed by atoms with Crippen molar-refractivity contribution in [1.29, 1.82) is 0 Å². The fraction of sp³-hybridized carbons (Fsp3) is 0.0455. The summed E-state index contributed by atoms with van der Waals surface area (Å²) in [6, 6.07) is 14.1. The molecule has 0 saturated carbocycles. The molecule has 28 heavy (non-hydrogen) atoms. The monoisotopic (exact) mass is 413 g/mol. The quantitative estimate of drug-likeness (QED) is 0.414. The van der Waals surface area contributed by atoms with Gasteiger partial charge in [-0.25, -0.2) is 8.78 Å². The van der Waals surface area contributed by atoms with Crippen molar-refractivity contribution in [3.05, 3.63) is 100 Å². The van der Waals surface area contributed by atoms with Gasteiger partial charge in [0.25, 0.3) is 0 Å². The molecule has 0 radical (unpaired) electrons. The highest BCUT2D eigenvalue weighted by atomic mass is 35.5. The maximum absolute atomic E-state index is 14.5. The minimum Gasteiger partial charge on any atom is -0.384 e. The lowest BCUT2D eigenvalue weighted by Gasteiger charge is -2.16. The summed E-state index contributed by atoms with van der Waals surface area (Å²) in [5.74, 6) is -1.34. The molecule has 0 bridgehead atoms. The van der Waals surface area contributed by atoms with Crippen molar-refractivity contribution in [1.82, 2.24) is 4.98 Å². The van der Waals surface area contributed by atoms with Crippen LogP contribution in [0.5, 0.6) is 0 Å². The van der Waals surface area contributed by atoms with Gasteiger partial charge in [0.15, 0.2) is 0 Å². The van der Waals surface area contributed by atoms with Crippen LogP contribution in [0.15, 0.2) is 72.4 Å². The molecular formula is C22H14ClF2NOS. The molecule has 4 rings (SSSR count). The zero-order chi connectivity index (χ0) is 19.7. The molecular weight excluding hydrogens is 400 g/mol. The van der Waals surface area contributed by atoms with E-state index in [9.17, 15) is 13.9 Å². The zero-order valence-electron chi connectivity index (χ0n) is 14.4. The van der Waals surface area contributed by atoms with Gasteiger partial charge in [-0.3, -0.25) is 4.98 Å². The van der Waals surface area contributed by atoms with E-state index in [-0.39, 0.29) is 5.56 Å². The predicted octanol–water partition coefficient (Wildman–Crippen LogP) is 6.49. The summed E-state index contributed by atoms with van der Waals surface area (Å²) in [6.07, 6.45) is 2.12. The molecule has 0 amide bonds. The first kappa shape index (κ1) is 18.7. The highest BCUT2D eigenvalue weighted by molar-refractivity contribution is 7.14. The summed E-state index contributed by atoms with van der Waals surface area (Å²) in [7, 11) is 0. The van der Waals surface area contributed by atoms with Gasteiger partial charge < -0.3 is 5.11 Å². The Kier molecular flexibility index (Phi) is 5.22. The molecule has 2 aromatic carbocycles. The van der Waals surface area contributed by atoms with Crippen LogP contribution in [-0.2, 0) is 0 Å². The second-order valence-corrected chi connectivity index (χ2v) is 7.47. The fourth-order valence-corrected chi connectivity index (χ4v) is 4.48. The molecule has 0 aliphatic heterocycles. The van der Waals surface area contributed by atoms with Gasteiger partial charge in [-0.15, -0.1) is 11.3 Å². The Morgan fingerprint density at radius 3 is 2.50 bits per heavy atom. The van der Waals surface area contributed by atoms with E-state index in [0.29, 0.717) is 26.6 Å². The predicted molar refractivity (Wildman–Crippen MR) is 108 cm³/mol. The summed E-state index contributed by atoms with van der Waals surface area (Å²) in [5.41, 5.74) is 2.73. The van der Waals surface area contributed by atoms with E-state index in [1.54, 1.807) is 30.6 Å². The Bertz CT molecular complexity index is 1130. The number of rotatable bonds is 4. The van der Waals surface area contributed by atoms with E-state index in [4.69, 9.17) is 11.6 Å². The molecule has 0 fully saturated rings. The van der Waals surface area contributed by atoms with E-state index in [1.165, 1.54) is 23.5 Å². The van der Waals surface area contributed by atoms with Crippen molar-refractivity contribution in [2.45, 2.75) is 6.10 Å². The van der Waals surface area contributed by atoms with Gasteiger partial charge in [0.2, 0.25) is 0 Å². The second kappa shape index (κ2) is 7.80. The molecule has 4 aromatic rings. The Morgan fingerprint density at radius 2 is 1.79 bits per heavy atom. The standard InChI is InChI=1S/C22H14ClF2NOS/c23-18-6-2-1-5-15(18)17-12-28-22(16-8-7-14(24)10-19(16)25)20(17)21(27)13-4-3-9-26-11-13/h1-12,21,27H. The molecule has 0 saturated heterocycles. The minimum absolute atomic E-state index is 0.225. The summed E-state index contributed by atoms with van der Waals surface area (Å²) < 4.78 is 27.9. The van der Waals surface area contributed by atoms with Crippen LogP contribution in [0.25, 0.3) is 21.6 Å². The van der Waals surface area contributed by atoms with Crippen LogP contribution < -0.4 is 0 Å². The van der Waals surface area contributed by atoms with E-state index in [0.717, 1.165) is 11.6 Å². The van der Waals surface area contributed by atoms with Crippen molar-refractivity contribution in [2.75, 3.05) is 0 Å². The van der Waals surface area contributed by atoms with Crippen LogP contribution in [0.2, 0.25) is 5.02 Å². The molecule has 1 N–H and O–H groups in total. The van der Waals surface area contributed by atoms with Gasteiger partial charge in [-0.2, -0.15) is 0 Å². The van der Waals surface area contributed by atoms with E-state index < -0.39 is 17.7 Å². The maximum Gasteiger partial charge on any atom is 0.134 e. The second-order valence-electron chi connectivity index (χ2n) is 6.19. The van der Waals surface area contributed by atoms with Crippen molar-refractivity contribution >= 4 is 22.9 Å². The van der Waals surface area contributed by atoms with Crippen LogP contribution in [-0.4, -0.2) is 10.1 Å². The van der Waals surface area contributed by atoms with Gasteiger partial charge in [-0.1, -0.05) is 35.9 Å². The molecule has 0 aliphatic carbocycles. The molecule has 0 aliphatic rings. The van der Waals surface area contributed by atoms with E-state index in [1.807, 2.05) is 23.6 Å². The zero-order valence-corrected chi connectivity index (χ0v) is 16.0. The molecule has 1 atom stereocenters. The smallest absolute Gasteiger partial charge is 0.134 e. The van der Waals surface area contributed by atoms with Crippen LogP contribution in [0.4, 0.5) is 8.78 Å². The van der Waals surface area contributed by atoms with Gasteiger partial charge in [0, 0.05) is 56.2 Å². The van der Waals surface area contributed by atoms with E-state index >= 15 is 0 Å². The lowest BCUT2D eigenvalue weighted by atomic mass is 9.93. The molecule has 2 nitrogen and oxygen atoms in total. The summed E-state index contributed by atoms with van der Waals surface area (Å²) in [5, 5.41) is 13.5. The maximum atomic E-state index is 14.5. The molecule has 140 valence electrons. The van der Waals surface area contributed by atoms with Crippen LogP contribution in [0.1, 0.15) is 17.2 Å². The molecule has 2 aromatic heterocycles. The molecule has 2 heterocycles. The third-order valence-electron chi connectivity index (χ3n) is 4.44. The van der Waals surface area contributed by atoms with Gasteiger partial charge in [0.05, 0.1) is 0 Å². The molecule has 1 unspecified atom stereocenters. The van der Waals surface area contributed by atoms with Gasteiger partial charge in [0.1, 0.15) is 17.7 Å². The number of nitrogens with zero attached hydrogens (tertiary/aromatic N) is 1. The lowest BCUT2D eigenvalue weighted by molar-refractivity contribution is 0.221. The number of aliphatic hydroxyl groups is 1. The average Bonchev–Trinajstić information content (AvgIpc) is 3.13. The van der Waals surface area contributed by atoms with Crippen LogP contribution in [0, 0.1) is 11.6 Å². The van der Waals surface area contributed by atoms with Gasteiger partial charge in [-0.05, 0) is 29.6 Å². The highest BCUT2D eigenvalue weighted by Gasteiger charge is 2.25. The first-order valence-corrected chi connectivity index (χ1v) is 9.71. The van der Waals surface area contributed by atoms with Gasteiger partial charge >= 0.3 is 0 Å². The Labute approximate surface area is 169 Å². The number of aromatic nitrogens is 1. The molecule has 0 spiro atoms. The topological polar surface area (TPSA) is 33.1 Å². The Morgan fingerprint density at radius 1 is 0.964 bits per heavy atom. The van der Waals surface area contributed by atoms with Crippen molar-refractivity contribution in [3.63, 3.8) is 0 Å². The number of hydrogen-bond donors (Lipinski definition) is 1. The van der Waals surface area contributed by atoms with Crippen molar-refractivity contribution in [3.8, 4) is 21.6 Å². The third-order valence-corrected chi connectivity index (χ3v) is 5.80. The number of benzene rings is 2. The number of aliphatic hydroxyl groups excluding tert-OH is 1. The highest BCUT2D eigenvalue weighted by Crippen LogP contribution is 2.45. The summed E-state index contributed by atoms with van der Waals surface area (Å²) in [4.78, 5) is 4.58. The summed E-state index contributed by atoms with van der Waals surface area (Å²) in [6.45, 7) is 0. The normalized spacial score (nSPS) is 12.1.